The Balaban J connectivity index is 2.23. The van der Waals surface area contributed by atoms with Gasteiger partial charge in [0.25, 0.3) is 5.69 Å². The minimum Gasteiger partial charge on any atom is -0.371 e. The summed E-state index contributed by atoms with van der Waals surface area (Å²) in [4.78, 5) is 22.4. The lowest BCUT2D eigenvalue weighted by Gasteiger charge is -2.20. The van der Waals surface area contributed by atoms with E-state index in [1.807, 2.05) is 13.8 Å². The third kappa shape index (κ3) is 5.64. The number of nitrogens with one attached hydrogen (secondary N) is 2. The van der Waals surface area contributed by atoms with E-state index in [1.165, 1.54) is 16.4 Å². The average molecular weight is 398 g/mol. The predicted molar refractivity (Wildman–Crippen MR) is 102 cm³/mol. The minimum absolute atomic E-state index is 0.0459. The minimum atomic E-state index is -3.78. The normalized spacial score (nSPS) is 16.0. The maximum absolute atomic E-state index is 12.8. The van der Waals surface area contributed by atoms with Gasteiger partial charge in [-0.15, -0.1) is 0 Å². The summed E-state index contributed by atoms with van der Waals surface area (Å²) >= 11 is 0. The van der Waals surface area contributed by atoms with Gasteiger partial charge in [-0.25, -0.2) is 8.42 Å². The Hall–Kier alpha value is -2.20. The smallest absolute Gasteiger partial charge is 0.293 e. The van der Waals surface area contributed by atoms with Crippen molar-refractivity contribution in [2.75, 3.05) is 25.0 Å². The first-order valence-electron chi connectivity index (χ1n) is 9.03. The van der Waals surface area contributed by atoms with Crippen molar-refractivity contribution >= 4 is 27.3 Å². The fourth-order valence-corrected chi connectivity index (χ4v) is 4.49. The van der Waals surface area contributed by atoms with E-state index >= 15 is 0 Å². The van der Waals surface area contributed by atoms with Crippen LogP contribution in [0.25, 0.3) is 0 Å². The highest BCUT2D eigenvalue weighted by atomic mass is 32.2. The Bertz CT molecular complexity index is 787. The summed E-state index contributed by atoms with van der Waals surface area (Å²) in [5.41, 5.74) is -0.267. The number of hydrogen-bond donors (Lipinski definition) is 2. The molecule has 1 aromatic carbocycles. The second-order valence-corrected chi connectivity index (χ2v) is 8.77. The van der Waals surface area contributed by atoms with Crippen LogP contribution >= 0.6 is 0 Å². The summed E-state index contributed by atoms with van der Waals surface area (Å²) in [6.45, 7) is 4.32. The van der Waals surface area contributed by atoms with Gasteiger partial charge in [0.2, 0.25) is 15.9 Å². The number of sulfonamides is 1. The van der Waals surface area contributed by atoms with E-state index in [-0.39, 0.29) is 34.8 Å². The number of carbonyl (C=O) groups is 1. The van der Waals surface area contributed by atoms with Gasteiger partial charge >= 0.3 is 0 Å². The molecule has 9 nitrogen and oxygen atoms in total. The number of nitro groups is 1. The van der Waals surface area contributed by atoms with E-state index < -0.39 is 14.9 Å². The quantitative estimate of drug-likeness (QED) is 0.536. The van der Waals surface area contributed by atoms with Crippen molar-refractivity contribution in [3.8, 4) is 0 Å². The lowest BCUT2D eigenvalue weighted by molar-refractivity contribution is -0.384. The molecule has 1 amide bonds. The number of anilines is 1. The predicted octanol–water partition coefficient (Wildman–Crippen LogP) is 2.10. The summed E-state index contributed by atoms with van der Waals surface area (Å²) in [5, 5.41) is 16.8. The fourth-order valence-electron chi connectivity index (χ4n) is 2.95. The van der Waals surface area contributed by atoms with Gasteiger partial charge < -0.3 is 10.6 Å². The second kappa shape index (κ2) is 9.14. The average Bonchev–Trinajstić information content (AvgIpc) is 2.89. The SMILES string of the molecule is CC(C)NC(=O)CNc1ccc(S(=O)(=O)N2CCCCCC2)cc1[N+](=O)[O-]. The van der Waals surface area contributed by atoms with E-state index in [2.05, 4.69) is 10.6 Å². The molecule has 0 aliphatic carbocycles. The number of amides is 1. The number of benzene rings is 1. The van der Waals surface area contributed by atoms with Crippen LogP contribution in [0.2, 0.25) is 0 Å². The summed E-state index contributed by atoms with van der Waals surface area (Å²) in [6, 6.07) is 3.69. The summed E-state index contributed by atoms with van der Waals surface area (Å²) in [5.74, 6) is -0.305. The third-order valence-corrected chi connectivity index (χ3v) is 6.15. The Morgan fingerprint density at radius 1 is 1.22 bits per heavy atom. The summed E-state index contributed by atoms with van der Waals surface area (Å²) < 4.78 is 27.1. The first kappa shape index (κ1) is 21.1. The van der Waals surface area contributed by atoms with Crippen LogP contribution in [0.1, 0.15) is 39.5 Å². The van der Waals surface area contributed by atoms with Gasteiger partial charge in [-0.05, 0) is 38.8 Å². The molecular formula is C17H26N4O5S. The number of nitrogens with zero attached hydrogens (tertiary/aromatic N) is 2. The molecule has 1 saturated heterocycles. The van der Waals surface area contributed by atoms with Gasteiger partial charge in [-0.3, -0.25) is 14.9 Å². The Kier molecular flexibility index (Phi) is 7.14. The van der Waals surface area contributed by atoms with Crippen molar-refractivity contribution in [3.63, 3.8) is 0 Å². The molecule has 0 bridgehead atoms. The van der Waals surface area contributed by atoms with Crippen molar-refractivity contribution in [3.05, 3.63) is 28.3 Å². The molecule has 1 aromatic rings. The molecule has 0 atom stereocenters. The maximum Gasteiger partial charge on any atom is 0.293 e. The van der Waals surface area contributed by atoms with E-state index in [9.17, 15) is 23.3 Å². The lowest BCUT2D eigenvalue weighted by atomic mass is 10.2. The van der Waals surface area contributed by atoms with Crippen molar-refractivity contribution in [1.82, 2.24) is 9.62 Å². The van der Waals surface area contributed by atoms with Crippen LogP contribution in [-0.4, -0.2) is 49.2 Å². The number of rotatable bonds is 7. The Morgan fingerprint density at radius 2 is 1.85 bits per heavy atom. The topological polar surface area (TPSA) is 122 Å². The molecule has 0 radical (unpaired) electrons. The van der Waals surface area contributed by atoms with E-state index in [0.29, 0.717) is 13.1 Å². The Labute approximate surface area is 159 Å². The number of carbonyl (C=O) groups excluding carboxylic acids is 1. The van der Waals surface area contributed by atoms with Crippen LogP contribution in [0.3, 0.4) is 0 Å². The van der Waals surface area contributed by atoms with E-state index in [0.717, 1.165) is 31.7 Å². The van der Waals surface area contributed by atoms with E-state index in [4.69, 9.17) is 0 Å². The molecule has 0 aromatic heterocycles. The number of hydrogen-bond acceptors (Lipinski definition) is 6. The highest BCUT2D eigenvalue weighted by Gasteiger charge is 2.28. The molecule has 2 N–H and O–H groups in total. The zero-order valence-electron chi connectivity index (χ0n) is 15.6. The molecule has 1 fully saturated rings. The molecule has 0 unspecified atom stereocenters. The fraction of sp³-hybridized carbons (Fsp3) is 0.588. The molecule has 10 heteroatoms. The molecule has 27 heavy (non-hydrogen) atoms. The van der Waals surface area contributed by atoms with Gasteiger partial charge in [0, 0.05) is 25.2 Å². The van der Waals surface area contributed by atoms with Gasteiger partial charge in [-0.1, -0.05) is 12.8 Å². The lowest BCUT2D eigenvalue weighted by Crippen LogP contribution is -2.35. The first-order valence-corrected chi connectivity index (χ1v) is 10.5. The van der Waals surface area contributed by atoms with Crippen LogP contribution in [0.15, 0.2) is 23.1 Å². The molecule has 0 spiro atoms. The van der Waals surface area contributed by atoms with Crippen molar-refractivity contribution in [1.29, 1.82) is 0 Å². The van der Waals surface area contributed by atoms with Gasteiger partial charge in [0.1, 0.15) is 5.69 Å². The zero-order valence-corrected chi connectivity index (χ0v) is 16.4. The largest absolute Gasteiger partial charge is 0.371 e. The van der Waals surface area contributed by atoms with Crippen molar-refractivity contribution in [2.45, 2.75) is 50.5 Å². The molecule has 1 aliphatic heterocycles. The molecule has 1 aliphatic rings. The monoisotopic (exact) mass is 398 g/mol. The Morgan fingerprint density at radius 3 is 2.41 bits per heavy atom. The molecular weight excluding hydrogens is 372 g/mol. The third-order valence-electron chi connectivity index (χ3n) is 4.26. The summed E-state index contributed by atoms with van der Waals surface area (Å²) in [7, 11) is -3.78. The van der Waals surface area contributed by atoms with Crippen LogP contribution in [0, 0.1) is 10.1 Å². The molecule has 0 saturated carbocycles. The number of nitro benzene ring substituents is 1. The highest BCUT2D eigenvalue weighted by molar-refractivity contribution is 7.89. The first-order chi connectivity index (χ1) is 12.7. The molecule has 1 heterocycles. The van der Waals surface area contributed by atoms with Crippen molar-refractivity contribution in [2.24, 2.45) is 0 Å². The maximum atomic E-state index is 12.8. The van der Waals surface area contributed by atoms with E-state index in [1.54, 1.807) is 0 Å². The van der Waals surface area contributed by atoms with Gasteiger partial charge in [-0.2, -0.15) is 4.31 Å². The van der Waals surface area contributed by atoms with Crippen LogP contribution in [-0.2, 0) is 14.8 Å². The van der Waals surface area contributed by atoms with Crippen LogP contribution in [0.4, 0.5) is 11.4 Å². The van der Waals surface area contributed by atoms with Gasteiger partial charge in [0.15, 0.2) is 0 Å². The van der Waals surface area contributed by atoms with Crippen LogP contribution in [0.5, 0.6) is 0 Å². The second-order valence-electron chi connectivity index (χ2n) is 6.83. The standard InChI is InChI=1S/C17H26N4O5S/c1-13(2)19-17(22)12-18-15-8-7-14(11-16(15)21(23)24)27(25,26)20-9-5-3-4-6-10-20/h7-8,11,13,18H,3-6,9-10,12H2,1-2H3,(H,19,22). The van der Waals surface area contributed by atoms with Crippen molar-refractivity contribution < 1.29 is 18.1 Å². The van der Waals surface area contributed by atoms with Gasteiger partial charge in [0.05, 0.1) is 16.4 Å². The molecule has 2 rings (SSSR count). The molecule has 150 valence electrons. The zero-order chi connectivity index (χ0) is 20.0. The summed E-state index contributed by atoms with van der Waals surface area (Å²) in [6.07, 6.45) is 3.53. The highest BCUT2D eigenvalue weighted by Crippen LogP contribution is 2.29. The van der Waals surface area contributed by atoms with Crippen LogP contribution < -0.4 is 10.6 Å².